The average molecular weight is 195 g/mol. The van der Waals surface area contributed by atoms with E-state index in [1.807, 2.05) is 20.8 Å². The summed E-state index contributed by atoms with van der Waals surface area (Å²) >= 11 is 0. The minimum absolute atomic E-state index is 0.259. The standard InChI is InChI=1S/C9H13N3O2/c1-9(2,3)6(4-13)7(14)8-10-5-11-12-8/h5,7,14H,1-3H3,(H,10,11,12). The molecule has 0 fully saturated rings. The Labute approximate surface area is 81.9 Å². The number of aromatic nitrogens is 3. The van der Waals surface area contributed by atoms with Crippen LogP contribution in [-0.2, 0) is 4.79 Å². The molecule has 0 spiro atoms. The highest BCUT2D eigenvalue weighted by molar-refractivity contribution is 5.56. The van der Waals surface area contributed by atoms with E-state index in [1.54, 1.807) is 5.94 Å². The van der Waals surface area contributed by atoms with Crippen LogP contribution in [0.25, 0.3) is 0 Å². The van der Waals surface area contributed by atoms with Crippen LogP contribution in [0, 0.1) is 5.41 Å². The number of nitrogens with zero attached hydrogens (tertiary/aromatic N) is 2. The summed E-state index contributed by atoms with van der Waals surface area (Å²) in [6.07, 6.45) is 0.221. The zero-order chi connectivity index (χ0) is 10.8. The van der Waals surface area contributed by atoms with Crippen LogP contribution in [0.1, 0.15) is 32.7 Å². The van der Waals surface area contributed by atoms with Gasteiger partial charge >= 0.3 is 0 Å². The average Bonchev–Trinajstić information content (AvgIpc) is 2.53. The van der Waals surface area contributed by atoms with Crippen molar-refractivity contribution >= 4 is 5.94 Å². The fourth-order valence-corrected chi connectivity index (χ4v) is 1.10. The predicted molar refractivity (Wildman–Crippen MR) is 50.0 cm³/mol. The van der Waals surface area contributed by atoms with E-state index in [4.69, 9.17) is 0 Å². The van der Waals surface area contributed by atoms with Crippen molar-refractivity contribution in [2.45, 2.75) is 26.9 Å². The van der Waals surface area contributed by atoms with Gasteiger partial charge < -0.3 is 5.11 Å². The van der Waals surface area contributed by atoms with Gasteiger partial charge in [-0.25, -0.2) is 9.78 Å². The van der Waals surface area contributed by atoms with Crippen molar-refractivity contribution in [3.8, 4) is 0 Å². The van der Waals surface area contributed by atoms with E-state index in [2.05, 4.69) is 15.2 Å². The lowest BCUT2D eigenvalue weighted by Gasteiger charge is -2.22. The van der Waals surface area contributed by atoms with Crippen LogP contribution >= 0.6 is 0 Å². The molecule has 0 aromatic carbocycles. The lowest BCUT2D eigenvalue weighted by atomic mass is 9.84. The number of aliphatic hydroxyl groups excluding tert-OH is 1. The molecule has 0 aliphatic carbocycles. The zero-order valence-electron chi connectivity index (χ0n) is 8.40. The monoisotopic (exact) mass is 195 g/mol. The Bertz CT molecular complexity index is 345. The normalized spacial score (nSPS) is 13.4. The van der Waals surface area contributed by atoms with E-state index in [0.29, 0.717) is 0 Å². The molecule has 76 valence electrons. The number of hydrogen-bond donors (Lipinski definition) is 2. The Balaban J connectivity index is 3.00. The third kappa shape index (κ3) is 2.07. The molecule has 0 radical (unpaired) electrons. The second kappa shape index (κ2) is 3.74. The molecular formula is C9H13N3O2. The maximum atomic E-state index is 10.7. The summed E-state index contributed by atoms with van der Waals surface area (Å²) in [5.74, 6) is 2.02. The van der Waals surface area contributed by atoms with Crippen LogP contribution in [0.3, 0.4) is 0 Å². The quantitative estimate of drug-likeness (QED) is 0.679. The predicted octanol–water partition coefficient (Wildman–Crippen LogP) is 0.642. The summed E-state index contributed by atoms with van der Waals surface area (Å²) in [6, 6.07) is 0. The molecule has 14 heavy (non-hydrogen) atoms. The van der Waals surface area contributed by atoms with Gasteiger partial charge in [-0.15, -0.1) is 0 Å². The first kappa shape index (κ1) is 10.6. The lowest BCUT2D eigenvalue weighted by Crippen LogP contribution is -2.18. The largest absolute Gasteiger partial charge is 0.380 e. The van der Waals surface area contributed by atoms with Gasteiger partial charge in [0.05, 0.1) is 5.57 Å². The van der Waals surface area contributed by atoms with E-state index < -0.39 is 11.5 Å². The Morgan fingerprint density at radius 3 is 2.64 bits per heavy atom. The molecule has 1 heterocycles. The Kier molecular flexibility index (Phi) is 2.84. The molecule has 0 bridgehead atoms. The third-order valence-electron chi connectivity index (χ3n) is 1.88. The molecule has 2 N–H and O–H groups in total. The molecule has 0 saturated carbocycles. The van der Waals surface area contributed by atoms with Crippen molar-refractivity contribution in [2.75, 3.05) is 0 Å². The molecule has 1 unspecified atom stereocenters. The maximum Gasteiger partial charge on any atom is 0.158 e. The molecule has 0 aliphatic rings. The molecule has 1 aromatic heterocycles. The minimum Gasteiger partial charge on any atom is -0.380 e. The van der Waals surface area contributed by atoms with E-state index >= 15 is 0 Å². The summed E-state index contributed by atoms with van der Waals surface area (Å²) in [6.45, 7) is 5.48. The number of carbonyl (C=O) groups excluding carboxylic acids is 1. The van der Waals surface area contributed by atoms with Crippen LogP contribution in [0.2, 0.25) is 0 Å². The summed E-state index contributed by atoms with van der Waals surface area (Å²) in [7, 11) is 0. The number of nitrogens with one attached hydrogen (secondary N) is 1. The van der Waals surface area contributed by atoms with Crippen molar-refractivity contribution < 1.29 is 9.90 Å². The van der Waals surface area contributed by atoms with Gasteiger partial charge in [0.2, 0.25) is 0 Å². The molecular weight excluding hydrogens is 182 g/mol. The van der Waals surface area contributed by atoms with E-state index in [0.717, 1.165) is 0 Å². The van der Waals surface area contributed by atoms with Crippen molar-refractivity contribution in [1.29, 1.82) is 0 Å². The van der Waals surface area contributed by atoms with Crippen LogP contribution in [-0.4, -0.2) is 26.2 Å². The Morgan fingerprint density at radius 1 is 1.64 bits per heavy atom. The van der Waals surface area contributed by atoms with E-state index in [1.165, 1.54) is 6.33 Å². The second-order valence-corrected chi connectivity index (χ2v) is 4.04. The zero-order valence-corrected chi connectivity index (χ0v) is 8.40. The topological polar surface area (TPSA) is 78.9 Å². The van der Waals surface area contributed by atoms with Gasteiger partial charge in [-0.3, -0.25) is 5.10 Å². The molecule has 5 heteroatoms. The molecule has 0 saturated heterocycles. The van der Waals surface area contributed by atoms with Crippen molar-refractivity contribution in [3.63, 3.8) is 0 Å². The Morgan fingerprint density at radius 2 is 2.29 bits per heavy atom. The third-order valence-corrected chi connectivity index (χ3v) is 1.88. The number of H-pyrrole nitrogens is 1. The van der Waals surface area contributed by atoms with Gasteiger partial charge in [-0.1, -0.05) is 20.8 Å². The molecule has 5 nitrogen and oxygen atoms in total. The summed E-state index contributed by atoms with van der Waals surface area (Å²) < 4.78 is 0. The molecule has 0 amide bonds. The summed E-state index contributed by atoms with van der Waals surface area (Å²) in [5, 5.41) is 15.9. The van der Waals surface area contributed by atoms with E-state index in [9.17, 15) is 9.90 Å². The highest BCUT2D eigenvalue weighted by Gasteiger charge is 2.28. The highest BCUT2D eigenvalue weighted by atomic mass is 16.3. The maximum absolute atomic E-state index is 10.7. The fraction of sp³-hybridized carbons (Fsp3) is 0.556. The summed E-state index contributed by atoms with van der Waals surface area (Å²) in [4.78, 5) is 14.5. The number of aliphatic hydroxyl groups is 1. The smallest absolute Gasteiger partial charge is 0.158 e. The van der Waals surface area contributed by atoms with Crippen LogP contribution in [0.5, 0.6) is 0 Å². The van der Waals surface area contributed by atoms with Crippen molar-refractivity contribution in [1.82, 2.24) is 15.2 Å². The molecule has 1 rings (SSSR count). The Hall–Kier alpha value is -1.45. The SMILES string of the molecule is CC(C)(C)C(=C=O)C(O)c1ncn[nH]1. The molecule has 1 atom stereocenters. The van der Waals surface area contributed by atoms with Gasteiger partial charge in [-0.2, -0.15) is 5.10 Å². The first-order chi connectivity index (χ1) is 6.46. The van der Waals surface area contributed by atoms with Gasteiger partial charge in [0.1, 0.15) is 18.4 Å². The second-order valence-electron chi connectivity index (χ2n) is 4.04. The first-order valence-electron chi connectivity index (χ1n) is 4.25. The van der Waals surface area contributed by atoms with Gasteiger partial charge in [0, 0.05) is 0 Å². The van der Waals surface area contributed by atoms with E-state index in [-0.39, 0.29) is 11.4 Å². The highest BCUT2D eigenvalue weighted by Crippen LogP contribution is 2.31. The lowest BCUT2D eigenvalue weighted by molar-refractivity contribution is 0.181. The molecule has 0 aliphatic heterocycles. The number of rotatable bonds is 2. The minimum atomic E-state index is -1.06. The number of aromatic amines is 1. The number of hydrogen-bond acceptors (Lipinski definition) is 4. The first-order valence-corrected chi connectivity index (χ1v) is 4.25. The van der Waals surface area contributed by atoms with Gasteiger partial charge in [0.25, 0.3) is 0 Å². The molecule has 1 aromatic rings. The van der Waals surface area contributed by atoms with Crippen molar-refractivity contribution in [2.24, 2.45) is 5.41 Å². The van der Waals surface area contributed by atoms with Crippen LogP contribution in [0.15, 0.2) is 11.9 Å². The van der Waals surface area contributed by atoms with Crippen molar-refractivity contribution in [3.05, 3.63) is 17.7 Å². The summed E-state index contributed by atoms with van der Waals surface area (Å²) in [5.41, 5.74) is -0.178. The van der Waals surface area contributed by atoms with Gasteiger partial charge in [-0.05, 0) is 5.41 Å². The van der Waals surface area contributed by atoms with Crippen LogP contribution in [0.4, 0.5) is 0 Å². The fourth-order valence-electron chi connectivity index (χ4n) is 1.10. The van der Waals surface area contributed by atoms with Crippen LogP contribution < -0.4 is 0 Å². The van der Waals surface area contributed by atoms with Gasteiger partial charge in [0.15, 0.2) is 5.82 Å².